The fourth-order valence-electron chi connectivity index (χ4n) is 1.41. The minimum Gasteiger partial charge on any atom is -0.482 e. The lowest BCUT2D eigenvalue weighted by Crippen LogP contribution is -2.43. The molecular formula is C12H14Cl3NO4S. The minimum atomic E-state index is -4.01. The molecule has 9 heteroatoms. The number of ether oxygens (including phenoxy) is 1. The SMILES string of the molecule is CC(C)(C)NC(=O)COc1cc(Cl)c(S(=O)(=O)Cl)cc1Cl. The van der Waals surface area contributed by atoms with Gasteiger partial charge in [-0.25, -0.2) is 8.42 Å². The Morgan fingerprint density at radius 2 is 1.81 bits per heavy atom. The average molecular weight is 375 g/mol. The highest BCUT2D eigenvalue weighted by molar-refractivity contribution is 8.13. The van der Waals surface area contributed by atoms with Crippen molar-refractivity contribution in [3.8, 4) is 5.75 Å². The van der Waals surface area contributed by atoms with E-state index in [1.54, 1.807) is 0 Å². The van der Waals surface area contributed by atoms with Gasteiger partial charge in [0.1, 0.15) is 10.6 Å². The van der Waals surface area contributed by atoms with E-state index in [1.165, 1.54) is 6.07 Å². The number of benzene rings is 1. The third-order valence-electron chi connectivity index (χ3n) is 2.12. The molecule has 0 atom stereocenters. The van der Waals surface area contributed by atoms with Crippen molar-refractivity contribution in [3.63, 3.8) is 0 Å². The summed E-state index contributed by atoms with van der Waals surface area (Å²) < 4.78 is 27.7. The zero-order chi connectivity index (χ0) is 16.4. The molecule has 0 unspecified atom stereocenters. The molecule has 1 amide bonds. The first-order valence-electron chi connectivity index (χ1n) is 5.77. The molecule has 21 heavy (non-hydrogen) atoms. The summed E-state index contributed by atoms with van der Waals surface area (Å²) in [6, 6.07) is 2.27. The summed E-state index contributed by atoms with van der Waals surface area (Å²) in [5.41, 5.74) is -0.390. The fourth-order valence-corrected chi connectivity index (χ4v) is 3.20. The highest BCUT2D eigenvalue weighted by atomic mass is 35.7. The molecule has 0 aliphatic rings. The maximum Gasteiger partial charge on any atom is 0.262 e. The topological polar surface area (TPSA) is 72.5 Å². The molecule has 1 rings (SSSR count). The molecular weight excluding hydrogens is 361 g/mol. The Morgan fingerprint density at radius 1 is 1.24 bits per heavy atom. The normalized spacial score (nSPS) is 12.1. The van der Waals surface area contributed by atoms with E-state index in [0.717, 1.165) is 6.07 Å². The Morgan fingerprint density at radius 3 is 2.29 bits per heavy atom. The summed E-state index contributed by atoms with van der Waals surface area (Å²) in [7, 11) is 1.21. The van der Waals surface area contributed by atoms with E-state index < -0.39 is 14.6 Å². The number of halogens is 3. The van der Waals surface area contributed by atoms with Gasteiger partial charge >= 0.3 is 0 Å². The van der Waals surface area contributed by atoms with Crippen molar-refractivity contribution in [1.82, 2.24) is 5.32 Å². The number of rotatable bonds is 4. The average Bonchev–Trinajstić information content (AvgIpc) is 2.26. The van der Waals surface area contributed by atoms with Crippen LogP contribution in [-0.4, -0.2) is 26.5 Å². The van der Waals surface area contributed by atoms with Crippen LogP contribution in [0.25, 0.3) is 0 Å². The van der Waals surface area contributed by atoms with Crippen LogP contribution < -0.4 is 10.1 Å². The molecule has 0 bridgehead atoms. The maximum absolute atomic E-state index is 11.6. The van der Waals surface area contributed by atoms with Crippen LogP contribution in [0.2, 0.25) is 10.0 Å². The van der Waals surface area contributed by atoms with Gasteiger partial charge in [-0.05, 0) is 26.8 Å². The van der Waals surface area contributed by atoms with E-state index in [1.807, 2.05) is 20.8 Å². The lowest BCUT2D eigenvalue weighted by molar-refractivity contribution is -0.124. The molecule has 1 aromatic carbocycles. The van der Waals surface area contributed by atoms with E-state index in [9.17, 15) is 13.2 Å². The molecule has 0 saturated heterocycles. The van der Waals surface area contributed by atoms with Crippen molar-refractivity contribution in [2.24, 2.45) is 0 Å². The maximum atomic E-state index is 11.6. The molecule has 5 nitrogen and oxygen atoms in total. The number of amides is 1. The van der Waals surface area contributed by atoms with Crippen LogP contribution in [0, 0.1) is 0 Å². The summed E-state index contributed by atoms with van der Waals surface area (Å²) in [6.45, 7) is 5.21. The molecule has 0 heterocycles. The lowest BCUT2D eigenvalue weighted by Gasteiger charge is -2.20. The van der Waals surface area contributed by atoms with Crippen molar-refractivity contribution < 1.29 is 17.9 Å². The monoisotopic (exact) mass is 373 g/mol. The predicted octanol–water partition coefficient (Wildman–Crippen LogP) is 3.21. The number of carbonyl (C=O) groups is 1. The zero-order valence-electron chi connectivity index (χ0n) is 11.5. The van der Waals surface area contributed by atoms with Gasteiger partial charge in [0.2, 0.25) is 0 Å². The molecule has 0 spiro atoms. The third-order valence-corrected chi connectivity index (χ3v) is 4.20. The van der Waals surface area contributed by atoms with Crippen LogP contribution in [0.3, 0.4) is 0 Å². The first-order chi connectivity index (χ1) is 9.40. The van der Waals surface area contributed by atoms with E-state index >= 15 is 0 Å². The smallest absolute Gasteiger partial charge is 0.262 e. The molecule has 0 aliphatic carbocycles. The summed E-state index contributed by atoms with van der Waals surface area (Å²) in [4.78, 5) is 11.3. The quantitative estimate of drug-likeness (QED) is 0.821. The third kappa shape index (κ3) is 5.90. The second kappa shape index (κ2) is 6.60. The van der Waals surface area contributed by atoms with Gasteiger partial charge in [0.25, 0.3) is 15.0 Å². The highest BCUT2D eigenvalue weighted by Gasteiger charge is 2.19. The van der Waals surface area contributed by atoms with E-state index in [-0.39, 0.29) is 33.2 Å². The van der Waals surface area contributed by atoms with Gasteiger partial charge in [-0.3, -0.25) is 4.79 Å². The zero-order valence-corrected chi connectivity index (χ0v) is 14.6. The van der Waals surface area contributed by atoms with Gasteiger partial charge in [0.05, 0.1) is 10.0 Å². The molecule has 0 fully saturated rings. The molecule has 0 radical (unpaired) electrons. The van der Waals surface area contributed by atoms with Gasteiger partial charge in [-0.1, -0.05) is 23.2 Å². The Hall–Kier alpha value is -0.690. The fraction of sp³-hybridized carbons (Fsp3) is 0.417. The largest absolute Gasteiger partial charge is 0.482 e. The van der Waals surface area contributed by atoms with Crippen molar-refractivity contribution >= 4 is 48.8 Å². The van der Waals surface area contributed by atoms with Gasteiger partial charge in [0, 0.05) is 22.3 Å². The van der Waals surface area contributed by atoms with Crippen LogP contribution in [0.4, 0.5) is 0 Å². The highest BCUT2D eigenvalue weighted by Crippen LogP contribution is 2.34. The van der Waals surface area contributed by atoms with Gasteiger partial charge in [0.15, 0.2) is 6.61 Å². The second-order valence-corrected chi connectivity index (χ2v) is 8.59. The van der Waals surface area contributed by atoms with Gasteiger partial charge in [-0.2, -0.15) is 0 Å². The first-order valence-corrected chi connectivity index (χ1v) is 8.84. The Bertz CT molecular complexity index is 653. The molecule has 0 saturated carbocycles. The minimum absolute atomic E-state index is 0.0119. The number of hydrogen-bond donors (Lipinski definition) is 1. The molecule has 0 aliphatic heterocycles. The standard InChI is InChI=1S/C12H14Cl3NO4S/c1-12(2,3)16-11(17)6-20-9-4-8(14)10(5-7(9)13)21(15,18)19/h4-5H,6H2,1-3H3,(H,16,17). The Balaban J connectivity index is 2.87. The van der Waals surface area contributed by atoms with Crippen molar-refractivity contribution in [3.05, 3.63) is 22.2 Å². The molecule has 1 N–H and O–H groups in total. The number of carbonyl (C=O) groups excluding carboxylic acids is 1. The Labute approximate surface area is 137 Å². The van der Waals surface area contributed by atoms with Crippen molar-refractivity contribution in [1.29, 1.82) is 0 Å². The molecule has 118 valence electrons. The Kier molecular flexibility index (Phi) is 5.77. The van der Waals surface area contributed by atoms with E-state index in [0.29, 0.717) is 0 Å². The summed E-state index contributed by atoms with van der Waals surface area (Å²) in [6.07, 6.45) is 0. The van der Waals surface area contributed by atoms with Crippen LogP contribution in [0.15, 0.2) is 17.0 Å². The summed E-state index contributed by atoms with van der Waals surface area (Å²) in [5, 5.41) is 2.55. The van der Waals surface area contributed by atoms with E-state index in [2.05, 4.69) is 5.32 Å². The van der Waals surface area contributed by atoms with Crippen LogP contribution >= 0.6 is 33.9 Å². The molecule has 1 aromatic rings. The summed E-state index contributed by atoms with van der Waals surface area (Å²) >= 11 is 11.7. The number of hydrogen-bond acceptors (Lipinski definition) is 4. The van der Waals surface area contributed by atoms with Crippen molar-refractivity contribution in [2.75, 3.05) is 6.61 Å². The lowest BCUT2D eigenvalue weighted by atomic mass is 10.1. The number of nitrogens with one attached hydrogen (secondary N) is 1. The van der Waals surface area contributed by atoms with Crippen LogP contribution in [-0.2, 0) is 13.8 Å². The summed E-state index contributed by atoms with van der Waals surface area (Å²) in [5.74, 6) is -0.251. The van der Waals surface area contributed by atoms with E-state index in [4.69, 9.17) is 38.6 Å². The van der Waals surface area contributed by atoms with Gasteiger partial charge in [-0.15, -0.1) is 0 Å². The second-order valence-electron chi connectivity index (χ2n) is 5.24. The predicted molar refractivity (Wildman–Crippen MR) is 82.9 cm³/mol. The first kappa shape index (κ1) is 18.4. The molecule has 0 aromatic heterocycles. The van der Waals surface area contributed by atoms with Gasteiger partial charge < -0.3 is 10.1 Å². The van der Waals surface area contributed by atoms with Crippen LogP contribution in [0.5, 0.6) is 5.75 Å². The van der Waals surface area contributed by atoms with Crippen LogP contribution in [0.1, 0.15) is 20.8 Å². The van der Waals surface area contributed by atoms with Crippen molar-refractivity contribution in [2.45, 2.75) is 31.2 Å².